The number of hydrogen-bond donors (Lipinski definition) is 0. The van der Waals surface area contributed by atoms with Crippen LogP contribution in [0.4, 0.5) is 0 Å². The molecule has 0 radical (unpaired) electrons. The van der Waals surface area contributed by atoms with E-state index in [1.54, 1.807) is 0 Å². The Bertz CT molecular complexity index is 443. The van der Waals surface area contributed by atoms with Crippen molar-refractivity contribution in [1.29, 1.82) is 0 Å². The van der Waals surface area contributed by atoms with E-state index in [0.717, 1.165) is 6.42 Å². The summed E-state index contributed by atoms with van der Waals surface area (Å²) in [6, 6.07) is 4.39. The van der Waals surface area contributed by atoms with Gasteiger partial charge >= 0.3 is 0 Å². The topological polar surface area (TPSA) is 0 Å². The lowest BCUT2D eigenvalue weighted by molar-refractivity contribution is 1.13. The van der Waals surface area contributed by atoms with E-state index in [1.165, 1.54) is 25.7 Å². The summed E-state index contributed by atoms with van der Waals surface area (Å²) in [6.45, 7) is 4.40. The van der Waals surface area contributed by atoms with Gasteiger partial charge in [-0.2, -0.15) is 0 Å². The van der Waals surface area contributed by atoms with E-state index in [1.807, 2.05) is 11.3 Å². The zero-order valence-corrected chi connectivity index (χ0v) is 10.1. The molecule has 2 heteroatoms. The van der Waals surface area contributed by atoms with E-state index in [-0.39, 0.29) is 0 Å². The summed E-state index contributed by atoms with van der Waals surface area (Å²) < 4.78 is 2.68. The minimum atomic E-state index is 1.11. The van der Waals surface area contributed by atoms with Crippen molar-refractivity contribution in [3.05, 3.63) is 33.1 Å². The largest absolute Gasteiger partial charge is 0.144 e. The maximum Gasteiger partial charge on any atom is 0.0378 e. The van der Waals surface area contributed by atoms with Crippen LogP contribution >= 0.6 is 27.3 Å². The van der Waals surface area contributed by atoms with Crippen LogP contribution in [0, 0.1) is 6.92 Å². The Morgan fingerprint density at radius 2 is 2.23 bits per heavy atom. The van der Waals surface area contributed by atoms with Crippen molar-refractivity contribution in [3.63, 3.8) is 0 Å². The van der Waals surface area contributed by atoms with E-state index in [4.69, 9.17) is 0 Å². The summed E-state index contributed by atoms with van der Waals surface area (Å²) in [5.41, 5.74) is 2.87. The summed E-state index contributed by atoms with van der Waals surface area (Å²) in [5, 5.41) is 3.52. The molecule has 0 amide bonds. The van der Waals surface area contributed by atoms with Gasteiger partial charge in [0, 0.05) is 9.17 Å². The quantitative estimate of drug-likeness (QED) is 0.702. The van der Waals surface area contributed by atoms with Gasteiger partial charge in [0.25, 0.3) is 0 Å². The first-order valence-electron chi connectivity index (χ1n) is 4.39. The molecule has 0 fully saturated rings. The third-order valence-electron chi connectivity index (χ3n) is 2.42. The van der Waals surface area contributed by atoms with E-state index < -0.39 is 0 Å². The third kappa shape index (κ3) is 1.42. The first-order valence-corrected chi connectivity index (χ1v) is 6.06. The molecule has 1 heterocycles. The Morgan fingerprint density at radius 3 is 2.92 bits per heavy atom. The summed E-state index contributed by atoms with van der Waals surface area (Å²) in [6.07, 6.45) is 1.11. The summed E-state index contributed by atoms with van der Waals surface area (Å²) in [5.74, 6) is 0. The van der Waals surface area contributed by atoms with Crippen molar-refractivity contribution >= 4 is 37.4 Å². The van der Waals surface area contributed by atoms with Crippen LogP contribution in [0.3, 0.4) is 0 Å². The van der Waals surface area contributed by atoms with E-state index in [0.29, 0.717) is 0 Å². The predicted octanol–water partition coefficient (Wildman–Crippen LogP) is 4.53. The van der Waals surface area contributed by atoms with Crippen molar-refractivity contribution in [2.24, 2.45) is 0 Å². The van der Waals surface area contributed by atoms with Gasteiger partial charge in [-0.05, 0) is 47.4 Å². The van der Waals surface area contributed by atoms with Crippen molar-refractivity contribution in [3.8, 4) is 0 Å². The molecule has 0 saturated carbocycles. The van der Waals surface area contributed by atoms with Crippen LogP contribution < -0.4 is 0 Å². The van der Waals surface area contributed by atoms with Gasteiger partial charge in [0.05, 0.1) is 0 Å². The molecule has 1 aromatic carbocycles. The number of thiophene rings is 1. The molecule has 0 atom stereocenters. The first-order chi connectivity index (χ1) is 6.24. The van der Waals surface area contributed by atoms with Gasteiger partial charge in [-0.3, -0.25) is 0 Å². The fourth-order valence-electron chi connectivity index (χ4n) is 1.66. The second kappa shape index (κ2) is 3.43. The molecule has 0 aliphatic carbocycles. The zero-order chi connectivity index (χ0) is 9.42. The molecule has 13 heavy (non-hydrogen) atoms. The molecular formula is C11H11BrS. The van der Waals surface area contributed by atoms with Crippen LogP contribution in [0.1, 0.15) is 18.1 Å². The van der Waals surface area contributed by atoms with Crippen LogP contribution in [-0.2, 0) is 6.42 Å². The molecule has 0 N–H and O–H groups in total. The van der Waals surface area contributed by atoms with Crippen molar-refractivity contribution in [2.45, 2.75) is 20.3 Å². The van der Waals surface area contributed by atoms with E-state index >= 15 is 0 Å². The smallest absolute Gasteiger partial charge is 0.0378 e. The van der Waals surface area contributed by atoms with Crippen molar-refractivity contribution in [2.75, 3.05) is 0 Å². The molecular weight excluding hydrogens is 244 g/mol. The Labute approximate surface area is 90.7 Å². The average Bonchev–Trinajstić information content (AvgIpc) is 2.54. The third-order valence-corrected chi connectivity index (χ3v) is 4.23. The van der Waals surface area contributed by atoms with Crippen LogP contribution in [0.5, 0.6) is 0 Å². The highest BCUT2D eigenvalue weighted by molar-refractivity contribution is 9.10. The maximum atomic E-state index is 3.60. The Kier molecular flexibility index (Phi) is 2.43. The van der Waals surface area contributed by atoms with Crippen LogP contribution in [0.25, 0.3) is 10.1 Å². The molecule has 1 aromatic heterocycles. The van der Waals surface area contributed by atoms with Gasteiger partial charge in [0.2, 0.25) is 0 Å². The van der Waals surface area contributed by atoms with Crippen LogP contribution in [-0.4, -0.2) is 0 Å². The number of fused-ring (bicyclic) bond motifs is 1. The molecule has 0 bridgehead atoms. The lowest BCUT2D eigenvalue weighted by Gasteiger charge is -2.06. The molecule has 0 nitrogen and oxygen atoms in total. The average molecular weight is 255 g/mol. The van der Waals surface area contributed by atoms with Crippen molar-refractivity contribution in [1.82, 2.24) is 0 Å². The molecule has 0 aliphatic heterocycles. The molecule has 2 aromatic rings. The second-order valence-corrected chi connectivity index (χ2v) is 4.92. The summed E-state index contributed by atoms with van der Waals surface area (Å²) in [4.78, 5) is 0. The SMILES string of the molecule is CCc1c(C)c(Br)cc2ccsc12. The van der Waals surface area contributed by atoms with Crippen molar-refractivity contribution < 1.29 is 0 Å². The highest BCUT2D eigenvalue weighted by Crippen LogP contribution is 2.32. The number of halogens is 1. The van der Waals surface area contributed by atoms with E-state index in [2.05, 4.69) is 47.3 Å². The van der Waals surface area contributed by atoms with Crippen LogP contribution in [0.15, 0.2) is 22.0 Å². The molecule has 0 saturated heterocycles. The Morgan fingerprint density at radius 1 is 1.46 bits per heavy atom. The van der Waals surface area contributed by atoms with Gasteiger partial charge in [-0.15, -0.1) is 11.3 Å². The Balaban J connectivity index is 2.87. The molecule has 0 aliphatic rings. The molecule has 0 spiro atoms. The number of hydrogen-bond acceptors (Lipinski definition) is 1. The van der Waals surface area contributed by atoms with Gasteiger partial charge in [0.15, 0.2) is 0 Å². The number of rotatable bonds is 1. The van der Waals surface area contributed by atoms with Gasteiger partial charge < -0.3 is 0 Å². The second-order valence-electron chi connectivity index (χ2n) is 3.15. The van der Waals surface area contributed by atoms with Gasteiger partial charge in [0.1, 0.15) is 0 Å². The fraction of sp³-hybridized carbons (Fsp3) is 0.273. The Hall–Kier alpha value is -0.340. The minimum Gasteiger partial charge on any atom is -0.144 e. The normalized spacial score (nSPS) is 11.0. The standard InChI is InChI=1S/C11H11BrS/c1-3-9-7(2)10(12)6-8-4-5-13-11(8)9/h4-6H,3H2,1-2H3. The fourth-order valence-corrected chi connectivity index (χ4v) is 3.20. The molecule has 0 unspecified atom stereocenters. The minimum absolute atomic E-state index is 1.11. The summed E-state index contributed by atoms with van der Waals surface area (Å²) in [7, 11) is 0. The first kappa shape index (κ1) is 9.22. The molecule has 68 valence electrons. The summed E-state index contributed by atoms with van der Waals surface area (Å²) >= 11 is 5.44. The number of aryl methyl sites for hydroxylation is 1. The van der Waals surface area contributed by atoms with Crippen LogP contribution in [0.2, 0.25) is 0 Å². The highest BCUT2D eigenvalue weighted by Gasteiger charge is 2.07. The molecule has 2 rings (SSSR count). The zero-order valence-electron chi connectivity index (χ0n) is 7.73. The lowest BCUT2D eigenvalue weighted by atomic mass is 10.0. The van der Waals surface area contributed by atoms with Gasteiger partial charge in [-0.1, -0.05) is 22.9 Å². The lowest BCUT2D eigenvalue weighted by Crippen LogP contribution is -1.87. The number of benzene rings is 1. The van der Waals surface area contributed by atoms with E-state index in [9.17, 15) is 0 Å². The predicted molar refractivity (Wildman–Crippen MR) is 63.6 cm³/mol. The monoisotopic (exact) mass is 254 g/mol. The van der Waals surface area contributed by atoms with Gasteiger partial charge in [-0.25, -0.2) is 0 Å². The maximum absolute atomic E-state index is 3.60. The highest BCUT2D eigenvalue weighted by atomic mass is 79.9.